The largest absolute Gasteiger partial charge is 0.493 e. The number of carboxylic acid groups (broad SMARTS) is 2. The van der Waals surface area contributed by atoms with E-state index in [2.05, 4.69) is 23.8 Å². The number of nitrogens with one attached hydrogen (secondary N) is 2. The maximum absolute atomic E-state index is 14.5. The predicted molar refractivity (Wildman–Crippen MR) is 365 cm³/mol. The van der Waals surface area contributed by atoms with Crippen LogP contribution in [0.15, 0.2) is 85.0 Å². The lowest BCUT2D eigenvalue weighted by atomic mass is 9.99. The SMILES string of the molecule is C=C(CC)CN1CC(O)N(C(=O)OCc2ccc(O[C@@H]3O[C@H](C(=O)O)[C@@H](O)C(O)[C@H]3O)c(C(=O)NCCCN)c2)c2cc(OCCCCCOc3cc4c(cc3OC)C(=O)N3CC(=C)C[C@H]3C(O)N4C(=O)OCc3ccc(O[C@@H]4O[C@H](C(=O)O)[C@@H](O)C(O)[C@H]4O)c(C(=O)NCCOC)c3)c(OC)cc2C1=O. The predicted octanol–water partition coefficient (Wildman–Crippen LogP) is 0.458. The lowest BCUT2D eigenvalue weighted by Crippen LogP contribution is -2.61. The molecule has 5 aliphatic heterocycles. The molecule has 5 heterocycles. The third-order valence-corrected chi connectivity index (χ3v) is 18.0. The van der Waals surface area contributed by atoms with Crippen molar-refractivity contribution < 1.29 is 142 Å². The van der Waals surface area contributed by atoms with Gasteiger partial charge in [-0.2, -0.15) is 0 Å². The minimum atomic E-state index is -2.03. The Balaban J connectivity index is 0.892. The van der Waals surface area contributed by atoms with Crippen LogP contribution in [0.4, 0.5) is 21.0 Å². The number of carbonyl (C=O) groups is 8. The van der Waals surface area contributed by atoms with Crippen molar-refractivity contribution in [2.24, 2.45) is 5.73 Å². The highest BCUT2D eigenvalue weighted by Crippen LogP contribution is 2.44. The van der Waals surface area contributed by atoms with E-state index >= 15 is 0 Å². The van der Waals surface area contributed by atoms with E-state index in [4.69, 9.17) is 57.8 Å². The molecular weight excluding hydrogens is 1400 g/mol. The first-order valence-electron chi connectivity index (χ1n) is 33.8. The summed E-state index contributed by atoms with van der Waals surface area (Å²) in [5, 5.41) is 111. The summed E-state index contributed by atoms with van der Waals surface area (Å²) in [6.07, 6.45) is -23.5. The van der Waals surface area contributed by atoms with Crippen molar-refractivity contribution in [3.05, 3.63) is 118 Å². The van der Waals surface area contributed by atoms with Gasteiger partial charge < -0.3 is 129 Å². The third-order valence-electron chi connectivity index (χ3n) is 18.0. The Morgan fingerprint density at radius 2 is 1.08 bits per heavy atom. The van der Waals surface area contributed by atoms with Crippen LogP contribution in [0, 0.1) is 0 Å². The molecule has 13 atom stereocenters. The number of hydrogen-bond acceptors (Lipinski definition) is 28. The van der Waals surface area contributed by atoms with Crippen LogP contribution < -0.4 is 54.6 Å². The molecule has 4 unspecified atom stereocenters. The van der Waals surface area contributed by atoms with Gasteiger partial charge in [0.15, 0.2) is 47.7 Å². The zero-order valence-corrected chi connectivity index (χ0v) is 58.3. The lowest BCUT2D eigenvalue weighted by Gasteiger charge is -2.38. The third kappa shape index (κ3) is 18.1. The number of fused-ring (bicyclic) bond motifs is 3. The second-order valence-corrected chi connectivity index (χ2v) is 25.3. The summed E-state index contributed by atoms with van der Waals surface area (Å²) in [5.41, 5.74) is 6.33. The van der Waals surface area contributed by atoms with Crippen molar-refractivity contribution in [2.75, 3.05) is 90.2 Å². The Morgan fingerprint density at radius 3 is 1.57 bits per heavy atom. The normalized spacial score (nSPS) is 24.1. The Bertz CT molecular complexity index is 3920. The average Bonchev–Trinajstić information content (AvgIpc) is 1.61. The summed E-state index contributed by atoms with van der Waals surface area (Å²) in [6.45, 7) is 8.83. The number of ether oxygens (including phenoxy) is 11. The first kappa shape index (κ1) is 80.1. The second-order valence-electron chi connectivity index (χ2n) is 25.3. The summed E-state index contributed by atoms with van der Waals surface area (Å²) >= 11 is 0. The van der Waals surface area contributed by atoms with E-state index in [0.29, 0.717) is 43.3 Å². The molecule has 36 heteroatoms. The van der Waals surface area contributed by atoms with Crippen LogP contribution in [-0.2, 0) is 46.5 Å². The Labute approximate surface area is 606 Å². The highest BCUT2D eigenvalue weighted by Gasteiger charge is 2.51. The molecule has 0 aliphatic carbocycles. The van der Waals surface area contributed by atoms with Gasteiger partial charge in [-0.3, -0.25) is 19.2 Å². The van der Waals surface area contributed by atoms with Gasteiger partial charge in [0.1, 0.15) is 61.3 Å². The lowest BCUT2D eigenvalue weighted by molar-refractivity contribution is -0.271. The fraction of sp³-hybridized carbons (Fsp3) is 0.486. The van der Waals surface area contributed by atoms with E-state index in [1.54, 1.807) is 0 Å². The minimum absolute atomic E-state index is 0.00308. The van der Waals surface area contributed by atoms with E-state index in [1.807, 2.05) is 6.92 Å². The second kappa shape index (κ2) is 35.9. The number of methoxy groups -OCH3 is 3. The molecular formula is C70H87N7O29. The first-order valence-corrected chi connectivity index (χ1v) is 33.8. The molecule has 4 aromatic carbocycles. The van der Waals surface area contributed by atoms with Crippen molar-refractivity contribution in [3.8, 4) is 34.5 Å². The molecule has 3 saturated heterocycles. The molecule has 3 fully saturated rings. The summed E-state index contributed by atoms with van der Waals surface area (Å²) in [6, 6.07) is 12.1. The standard InChI is InChI=1S/C70H87N7O29/c1-7-34(2)29-74-31-51(78)76(69(94)101-32-36-12-14-45(40(23-36)60(85)72-17-11-16-71)103-67-56(83)52(79)54(81)58(105-67)65(90)91)42-27-49(47(97-5)25-38(42)62(74)87)99-19-9-8-10-20-100-50-28-43-39(26-48(50)98-6)63(88)75-30-35(3)22-44(75)64(89)77(43)70(95)102-33-37-13-15-46(41(24-37)61(86)73-18-21-96-4)104-68-57(84)53(80)55(82)59(106-68)66(92)93/h12-15,23-28,44,51-59,64,67-68,78-84,89H,2-3,7-11,16-22,29-33,71H2,1,4-6H3,(H,72,85)(H,73,86)(H,90,91)(H,92,93)/t44-,51?,52?,53?,54-,55-,56+,57+,58-,59-,64?,67+,68+/m0/s1. The molecule has 0 saturated carbocycles. The van der Waals surface area contributed by atoms with Crippen molar-refractivity contribution in [1.29, 1.82) is 0 Å². The average molecular weight is 1490 g/mol. The van der Waals surface area contributed by atoms with Gasteiger partial charge in [0, 0.05) is 45.4 Å². The number of nitrogens with zero attached hydrogens (tertiary/aromatic N) is 4. The number of nitrogens with two attached hydrogens (primary N) is 1. The zero-order valence-electron chi connectivity index (χ0n) is 58.3. The van der Waals surface area contributed by atoms with E-state index in [0.717, 1.165) is 9.80 Å². The molecule has 0 bridgehead atoms. The van der Waals surface area contributed by atoms with Gasteiger partial charge in [-0.05, 0) is 92.6 Å². The van der Waals surface area contributed by atoms with Gasteiger partial charge in [-0.15, -0.1) is 0 Å². The number of carbonyl (C=O) groups excluding carboxylic acids is 6. The number of benzene rings is 4. The highest BCUT2D eigenvalue weighted by molar-refractivity contribution is 6.07. The van der Waals surface area contributed by atoms with Crippen molar-refractivity contribution in [2.45, 2.75) is 139 Å². The van der Waals surface area contributed by atoms with Gasteiger partial charge >= 0.3 is 24.1 Å². The molecule has 576 valence electrons. The summed E-state index contributed by atoms with van der Waals surface area (Å²) in [7, 11) is 4.08. The maximum atomic E-state index is 14.5. The number of anilines is 2. The fourth-order valence-corrected chi connectivity index (χ4v) is 12.2. The molecule has 36 nitrogen and oxygen atoms in total. The first-order chi connectivity index (χ1) is 50.6. The Kier molecular flexibility index (Phi) is 27.1. The summed E-state index contributed by atoms with van der Waals surface area (Å²) in [5.74, 6) is -6.32. The molecule has 14 N–H and O–H groups in total. The minimum Gasteiger partial charge on any atom is -0.493 e. The van der Waals surface area contributed by atoms with Gasteiger partial charge in [-0.1, -0.05) is 43.4 Å². The number of aliphatic hydroxyl groups is 8. The fourth-order valence-electron chi connectivity index (χ4n) is 12.2. The van der Waals surface area contributed by atoms with Gasteiger partial charge in [0.2, 0.25) is 12.6 Å². The summed E-state index contributed by atoms with van der Waals surface area (Å²) < 4.78 is 62.5. The molecule has 9 rings (SSSR count). The Morgan fingerprint density at radius 1 is 0.594 bits per heavy atom. The van der Waals surface area contributed by atoms with Gasteiger partial charge in [0.25, 0.3) is 23.6 Å². The molecule has 106 heavy (non-hydrogen) atoms. The summed E-state index contributed by atoms with van der Waals surface area (Å²) in [4.78, 5) is 113. The van der Waals surface area contributed by atoms with E-state index in [-0.39, 0.29) is 138 Å². The van der Waals surface area contributed by atoms with E-state index in [9.17, 15) is 89.4 Å². The van der Waals surface area contributed by atoms with Gasteiger partial charge in [0.05, 0.1) is 80.3 Å². The number of amides is 6. The van der Waals surface area contributed by atoms with Crippen LogP contribution in [-0.4, -0.2) is 269 Å². The number of unbranched alkanes of at least 4 members (excludes halogenated alkanes) is 2. The number of aliphatic carboxylic acids is 2. The highest BCUT2D eigenvalue weighted by atomic mass is 16.7. The van der Waals surface area contributed by atoms with Crippen LogP contribution >= 0.6 is 0 Å². The van der Waals surface area contributed by atoms with Crippen molar-refractivity contribution in [1.82, 2.24) is 20.4 Å². The number of rotatable bonds is 31. The van der Waals surface area contributed by atoms with Crippen molar-refractivity contribution >= 4 is 59.1 Å². The van der Waals surface area contributed by atoms with Gasteiger partial charge in [-0.25, -0.2) is 29.0 Å². The van der Waals surface area contributed by atoms with E-state index < -0.39 is 147 Å². The van der Waals surface area contributed by atoms with Crippen LogP contribution in [0.3, 0.4) is 0 Å². The monoisotopic (exact) mass is 1490 g/mol. The van der Waals surface area contributed by atoms with Crippen LogP contribution in [0.5, 0.6) is 34.5 Å². The Hall–Kier alpha value is -9.96. The molecule has 0 aromatic heterocycles. The zero-order chi connectivity index (χ0) is 77.0. The number of β-amino-alcohol motifs (C(OH)–C–C–N with tert-alkyl or cyclic N) is 1. The van der Waals surface area contributed by atoms with Crippen LogP contribution in [0.2, 0.25) is 0 Å². The number of carboxylic acids is 2. The van der Waals surface area contributed by atoms with Crippen LogP contribution in [0.1, 0.15) is 98.0 Å². The number of hydrogen-bond donors (Lipinski definition) is 13. The smallest absolute Gasteiger partial charge is 0.416 e. The molecule has 0 radical (unpaired) electrons. The van der Waals surface area contributed by atoms with Crippen molar-refractivity contribution in [3.63, 3.8) is 0 Å². The van der Waals surface area contributed by atoms with E-state index in [1.165, 1.54) is 91.8 Å². The molecule has 4 aromatic rings. The number of aliphatic hydroxyl groups excluding tert-OH is 8. The quantitative estimate of drug-likeness (QED) is 0.0240. The van der Waals surface area contributed by atoms with Crippen LogP contribution in [0.25, 0.3) is 0 Å². The maximum Gasteiger partial charge on any atom is 0.416 e. The molecule has 5 aliphatic rings. The molecule has 6 amide bonds. The molecule has 0 spiro atoms. The topological polar surface area (TPSA) is 503 Å².